The molecule has 2 N–H and O–H groups in total. The molecular formula is C15H19NO4. The second-order valence-electron chi connectivity index (χ2n) is 4.22. The van der Waals surface area contributed by atoms with Gasteiger partial charge in [-0.2, -0.15) is 0 Å². The van der Waals surface area contributed by atoms with E-state index in [0.29, 0.717) is 13.0 Å². The van der Waals surface area contributed by atoms with Gasteiger partial charge in [0.15, 0.2) is 0 Å². The van der Waals surface area contributed by atoms with Crippen molar-refractivity contribution in [1.82, 2.24) is 5.32 Å². The summed E-state index contributed by atoms with van der Waals surface area (Å²) in [6, 6.07) is 7.67. The van der Waals surface area contributed by atoms with Gasteiger partial charge < -0.3 is 15.2 Å². The first kappa shape index (κ1) is 15.8. The van der Waals surface area contributed by atoms with Crippen molar-refractivity contribution in [2.24, 2.45) is 0 Å². The van der Waals surface area contributed by atoms with Crippen molar-refractivity contribution in [2.75, 3.05) is 13.2 Å². The summed E-state index contributed by atoms with van der Waals surface area (Å²) in [4.78, 5) is 21.6. The van der Waals surface area contributed by atoms with Crippen LogP contribution in [0.15, 0.2) is 36.9 Å². The van der Waals surface area contributed by atoms with Crippen molar-refractivity contribution in [3.63, 3.8) is 0 Å². The number of benzene rings is 1. The Kier molecular flexibility index (Phi) is 6.89. The van der Waals surface area contributed by atoms with Crippen molar-refractivity contribution in [2.45, 2.75) is 19.3 Å². The minimum Gasteiger partial charge on any atom is -0.493 e. The number of carbonyl (C=O) groups is 2. The van der Waals surface area contributed by atoms with E-state index in [1.165, 1.54) is 0 Å². The van der Waals surface area contributed by atoms with E-state index in [9.17, 15) is 9.59 Å². The van der Waals surface area contributed by atoms with Crippen LogP contribution in [0.5, 0.6) is 5.75 Å². The van der Waals surface area contributed by atoms with Gasteiger partial charge in [-0.1, -0.05) is 24.3 Å². The molecule has 1 amide bonds. The molecule has 0 saturated heterocycles. The van der Waals surface area contributed by atoms with Gasteiger partial charge in [-0.15, -0.1) is 6.58 Å². The summed E-state index contributed by atoms with van der Waals surface area (Å²) < 4.78 is 5.62. The van der Waals surface area contributed by atoms with Crippen LogP contribution >= 0.6 is 0 Å². The molecule has 0 heterocycles. The van der Waals surface area contributed by atoms with Gasteiger partial charge in [-0.25, -0.2) is 0 Å². The molecule has 0 aromatic heterocycles. The van der Waals surface area contributed by atoms with Crippen molar-refractivity contribution in [1.29, 1.82) is 0 Å². The number of nitrogens with one attached hydrogen (secondary N) is 1. The number of rotatable bonds is 9. The molecule has 1 rings (SSSR count). The number of hydrogen-bond donors (Lipinski definition) is 2. The van der Waals surface area contributed by atoms with Gasteiger partial charge in [-0.3, -0.25) is 9.59 Å². The fourth-order valence-corrected chi connectivity index (χ4v) is 1.65. The summed E-state index contributed by atoms with van der Waals surface area (Å²) in [5.74, 6) is -0.540. The molecule has 0 unspecified atom stereocenters. The van der Waals surface area contributed by atoms with Crippen molar-refractivity contribution < 1.29 is 19.4 Å². The smallest absolute Gasteiger partial charge is 0.322 e. The maximum absolute atomic E-state index is 11.3. The fourth-order valence-electron chi connectivity index (χ4n) is 1.65. The zero-order valence-electron chi connectivity index (χ0n) is 11.3. The highest BCUT2D eigenvalue weighted by Gasteiger charge is 2.05. The zero-order valence-corrected chi connectivity index (χ0v) is 11.3. The van der Waals surface area contributed by atoms with Crippen molar-refractivity contribution in [3.05, 3.63) is 42.5 Å². The standard InChI is InChI=1S/C15H19NO4/c1-2-6-12-7-3-4-8-13(12)20-10-5-9-14(17)16-11-15(18)19/h2-4,7-8H,1,5-6,9-11H2,(H,16,17)(H,18,19). The highest BCUT2D eigenvalue weighted by atomic mass is 16.5. The molecule has 0 aliphatic carbocycles. The summed E-state index contributed by atoms with van der Waals surface area (Å²) in [7, 11) is 0. The van der Waals surface area contributed by atoms with E-state index in [2.05, 4.69) is 11.9 Å². The number of amides is 1. The highest BCUT2D eigenvalue weighted by molar-refractivity contribution is 5.80. The normalized spacial score (nSPS) is 9.80. The van der Waals surface area contributed by atoms with E-state index >= 15 is 0 Å². The van der Waals surface area contributed by atoms with Crippen LogP contribution in [0.4, 0.5) is 0 Å². The number of carboxylic acid groups (broad SMARTS) is 1. The number of ether oxygens (including phenoxy) is 1. The summed E-state index contributed by atoms with van der Waals surface area (Å²) in [6.07, 6.45) is 3.32. The molecular weight excluding hydrogens is 258 g/mol. The third-order valence-corrected chi connectivity index (χ3v) is 2.58. The lowest BCUT2D eigenvalue weighted by atomic mass is 10.1. The van der Waals surface area contributed by atoms with Crippen LogP contribution in [-0.4, -0.2) is 30.1 Å². The molecule has 108 valence electrons. The molecule has 1 aromatic rings. The minimum absolute atomic E-state index is 0.247. The molecule has 5 nitrogen and oxygen atoms in total. The average Bonchev–Trinajstić information content (AvgIpc) is 2.43. The predicted molar refractivity (Wildman–Crippen MR) is 75.7 cm³/mol. The first-order chi connectivity index (χ1) is 9.63. The number of para-hydroxylation sites is 1. The van der Waals surface area contributed by atoms with Crippen LogP contribution in [0.3, 0.4) is 0 Å². The zero-order chi connectivity index (χ0) is 14.8. The second-order valence-corrected chi connectivity index (χ2v) is 4.22. The predicted octanol–water partition coefficient (Wildman–Crippen LogP) is 1.77. The van der Waals surface area contributed by atoms with E-state index < -0.39 is 5.97 Å². The number of allylic oxidation sites excluding steroid dienone is 1. The van der Waals surface area contributed by atoms with E-state index in [1.54, 1.807) is 0 Å². The molecule has 0 radical (unpaired) electrons. The first-order valence-corrected chi connectivity index (χ1v) is 6.43. The van der Waals surface area contributed by atoms with Crippen LogP contribution in [-0.2, 0) is 16.0 Å². The number of aliphatic carboxylic acids is 1. The van der Waals surface area contributed by atoms with E-state index in [1.807, 2.05) is 30.3 Å². The van der Waals surface area contributed by atoms with Gasteiger partial charge in [0.2, 0.25) is 5.91 Å². The Morgan fingerprint density at radius 2 is 2.10 bits per heavy atom. The van der Waals surface area contributed by atoms with E-state index in [4.69, 9.17) is 9.84 Å². The number of carbonyl (C=O) groups excluding carboxylic acids is 1. The Morgan fingerprint density at radius 1 is 1.35 bits per heavy atom. The molecule has 0 fully saturated rings. The highest BCUT2D eigenvalue weighted by Crippen LogP contribution is 2.18. The summed E-state index contributed by atoms with van der Waals surface area (Å²) in [5, 5.41) is 10.7. The Balaban J connectivity index is 2.29. The summed E-state index contributed by atoms with van der Waals surface area (Å²) >= 11 is 0. The topological polar surface area (TPSA) is 75.6 Å². The lowest BCUT2D eigenvalue weighted by Crippen LogP contribution is -2.29. The molecule has 5 heteroatoms. The Bertz CT molecular complexity index is 471. The van der Waals surface area contributed by atoms with Crippen LogP contribution in [0.1, 0.15) is 18.4 Å². The summed E-state index contributed by atoms with van der Waals surface area (Å²) in [6.45, 7) is 3.76. The SMILES string of the molecule is C=CCc1ccccc1OCCCC(=O)NCC(=O)O. The minimum atomic E-state index is -1.05. The molecule has 0 bridgehead atoms. The van der Waals surface area contributed by atoms with Gasteiger partial charge in [0.05, 0.1) is 6.61 Å². The maximum Gasteiger partial charge on any atom is 0.322 e. The lowest BCUT2D eigenvalue weighted by molar-refractivity contribution is -0.137. The van der Waals surface area contributed by atoms with Crippen molar-refractivity contribution in [3.8, 4) is 5.75 Å². The fraction of sp³-hybridized carbons (Fsp3) is 0.333. The third-order valence-electron chi connectivity index (χ3n) is 2.58. The Hall–Kier alpha value is -2.30. The van der Waals surface area contributed by atoms with Gasteiger partial charge >= 0.3 is 5.97 Å². The van der Waals surface area contributed by atoms with Crippen LogP contribution in [0.25, 0.3) is 0 Å². The number of hydrogen-bond acceptors (Lipinski definition) is 3. The van der Waals surface area contributed by atoms with Gasteiger partial charge in [0.25, 0.3) is 0 Å². The molecule has 20 heavy (non-hydrogen) atoms. The summed E-state index contributed by atoms with van der Waals surface area (Å²) in [5.41, 5.74) is 1.05. The van der Waals surface area contributed by atoms with Crippen molar-refractivity contribution >= 4 is 11.9 Å². The largest absolute Gasteiger partial charge is 0.493 e. The number of carboxylic acids is 1. The first-order valence-electron chi connectivity index (χ1n) is 6.43. The lowest BCUT2D eigenvalue weighted by Gasteiger charge is -2.10. The average molecular weight is 277 g/mol. The van der Waals surface area contributed by atoms with Gasteiger partial charge in [-0.05, 0) is 24.5 Å². The monoisotopic (exact) mass is 277 g/mol. The quantitative estimate of drug-likeness (QED) is 0.533. The Labute approximate surface area is 118 Å². The van der Waals surface area contributed by atoms with Crippen LogP contribution in [0, 0.1) is 0 Å². The molecule has 0 spiro atoms. The maximum atomic E-state index is 11.3. The molecule has 0 aliphatic rings. The van der Waals surface area contributed by atoms with Gasteiger partial charge in [0.1, 0.15) is 12.3 Å². The third kappa shape index (κ3) is 6.04. The Morgan fingerprint density at radius 3 is 2.80 bits per heavy atom. The molecule has 0 saturated carbocycles. The second kappa shape index (κ2) is 8.74. The molecule has 0 atom stereocenters. The molecule has 0 aliphatic heterocycles. The molecule has 1 aromatic carbocycles. The van der Waals surface area contributed by atoms with Crippen LogP contribution in [0.2, 0.25) is 0 Å². The van der Waals surface area contributed by atoms with Crippen LogP contribution < -0.4 is 10.1 Å². The van der Waals surface area contributed by atoms with E-state index in [-0.39, 0.29) is 18.9 Å². The van der Waals surface area contributed by atoms with Gasteiger partial charge in [0, 0.05) is 6.42 Å². The van der Waals surface area contributed by atoms with E-state index in [0.717, 1.165) is 17.7 Å².